The van der Waals surface area contributed by atoms with Crippen LogP contribution in [0.2, 0.25) is 0 Å². The number of hydrogen-bond acceptors (Lipinski definition) is 5. The number of furan rings is 1. The molecule has 0 spiro atoms. The molecule has 1 atom stereocenters. The van der Waals surface area contributed by atoms with E-state index >= 15 is 0 Å². The third-order valence-electron chi connectivity index (χ3n) is 5.25. The van der Waals surface area contributed by atoms with Crippen molar-refractivity contribution in [3.63, 3.8) is 0 Å². The molecule has 4 rings (SSSR count). The Morgan fingerprint density at radius 2 is 1.93 bits per heavy atom. The first-order valence-corrected chi connectivity index (χ1v) is 9.36. The molecule has 2 aromatic carbocycles. The molecular formula is C22H22N2O4. The van der Waals surface area contributed by atoms with Crippen LogP contribution in [0.5, 0.6) is 5.75 Å². The van der Waals surface area contributed by atoms with E-state index in [1.807, 2.05) is 24.3 Å². The van der Waals surface area contributed by atoms with Crippen molar-refractivity contribution in [2.24, 2.45) is 0 Å². The zero-order valence-corrected chi connectivity index (χ0v) is 15.7. The third-order valence-corrected chi connectivity index (χ3v) is 5.25. The molecule has 1 aromatic heterocycles. The maximum absolute atomic E-state index is 11.3. The summed E-state index contributed by atoms with van der Waals surface area (Å²) in [5, 5.41) is 11.3. The highest BCUT2D eigenvalue weighted by Crippen LogP contribution is 2.35. The van der Waals surface area contributed by atoms with Gasteiger partial charge < -0.3 is 9.15 Å². The van der Waals surface area contributed by atoms with E-state index in [1.165, 1.54) is 11.6 Å². The molecule has 1 aliphatic heterocycles. The van der Waals surface area contributed by atoms with Gasteiger partial charge in [0.1, 0.15) is 17.3 Å². The minimum absolute atomic E-state index is 0.0562. The van der Waals surface area contributed by atoms with Crippen molar-refractivity contribution in [1.82, 2.24) is 4.90 Å². The van der Waals surface area contributed by atoms with Crippen LogP contribution in [-0.2, 0) is 6.54 Å². The normalized spacial score (nSPS) is 17.0. The van der Waals surface area contributed by atoms with E-state index in [-0.39, 0.29) is 10.6 Å². The Balaban J connectivity index is 1.52. The van der Waals surface area contributed by atoms with Crippen LogP contribution in [0.4, 0.5) is 5.69 Å². The largest absolute Gasteiger partial charge is 0.497 e. The number of para-hydroxylation sites is 1. The standard InChI is InChI=1S/C22H22N2O4/c1-27-17-10-8-16(9-11-17)20-7-4-14-23(20)15-18-12-13-22(28-18)19-5-2-3-6-21(19)24(25)26/h2-3,5-6,8-13,20H,4,7,14-15H2,1H3/t20-/m1/s1. The van der Waals surface area contributed by atoms with Crippen LogP contribution in [0.3, 0.4) is 0 Å². The molecule has 28 heavy (non-hydrogen) atoms. The fraction of sp³-hybridized carbons (Fsp3) is 0.273. The van der Waals surface area contributed by atoms with Gasteiger partial charge in [-0.1, -0.05) is 24.3 Å². The molecule has 1 fully saturated rings. The summed E-state index contributed by atoms with van der Waals surface area (Å²) >= 11 is 0. The maximum Gasteiger partial charge on any atom is 0.280 e. The van der Waals surface area contributed by atoms with E-state index in [4.69, 9.17) is 9.15 Å². The maximum atomic E-state index is 11.3. The monoisotopic (exact) mass is 378 g/mol. The first-order valence-electron chi connectivity index (χ1n) is 9.36. The summed E-state index contributed by atoms with van der Waals surface area (Å²) in [6, 6.07) is 18.9. The summed E-state index contributed by atoms with van der Waals surface area (Å²) in [6.45, 7) is 1.68. The molecule has 3 aromatic rings. The van der Waals surface area contributed by atoms with Crippen LogP contribution < -0.4 is 4.74 Å². The second kappa shape index (κ2) is 7.86. The topological polar surface area (TPSA) is 68.8 Å². The Morgan fingerprint density at radius 1 is 1.14 bits per heavy atom. The predicted octanol–water partition coefficient (Wildman–Crippen LogP) is 5.20. The van der Waals surface area contributed by atoms with Crippen molar-refractivity contribution < 1.29 is 14.1 Å². The molecule has 1 aliphatic rings. The average Bonchev–Trinajstić information content (AvgIpc) is 3.38. The fourth-order valence-corrected chi connectivity index (χ4v) is 3.87. The molecule has 0 aliphatic carbocycles. The molecule has 0 radical (unpaired) electrons. The van der Waals surface area contributed by atoms with Gasteiger partial charge in [0, 0.05) is 12.1 Å². The van der Waals surface area contributed by atoms with Gasteiger partial charge in [-0.05, 0) is 55.3 Å². The van der Waals surface area contributed by atoms with E-state index < -0.39 is 0 Å². The number of nitro groups is 1. The van der Waals surface area contributed by atoms with E-state index in [2.05, 4.69) is 17.0 Å². The molecule has 0 amide bonds. The van der Waals surface area contributed by atoms with E-state index in [1.54, 1.807) is 25.3 Å². The van der Waals surface area contributed by atoms with Crippen LogP contribution in [0, 0.1) is 10.1 Å². The van der Waals surface area contributed by atoms with Crippen molar-refractivity contribution in [2.45, 2.75) is 25.4 Å². The molecule has 6 nitrogen and oxygen atoms in total. The molecule has 2 heterocycles. The van der Waals surface area contributed by atoms with Crippen molar-refractivity contribution in [3.8, 4) is 17.1 Å². The molecular weight excluding hydrogens is 356 g/mol. The fourth-order valence-electron chi connectivity index (χ4n) is 3.87. The molecule has 0 N–H and O–H groups in total. The number of hydrogen-bond donors (Lipinski definition) is 0. The highest BCUT2D eigenvalue weighted by atomic mass is 16.6. The molecule has 0 saturated carbocycles. The number of likely N-dealkylation sites (tertiary alicyclic amines) is 1. The van der Waals surface area contributed by atoms with Crippen LogP contribution >= 0.6 is 0 Å². The van der Waals surface area contributed by atoms with E-state index in [0.717, 1.165) is 30.9 Å². The number of methoxy groups -OCH3 is 1. The molecule has 6 heteroatoms. The van der Waals surface area contributed by atoms with Crippen LogP contribution in [0.25, 0.3) is 11.3 Å². The van der Waals surface area contributed by atoms with Gasteiger partial charge in [0.15, 0.2) is 0 Å². The summed E-state index contributed by atoms with van der Waals surface area (Å²) in [6.07, 6.45) is 2.23. The average molecular weight is 378 g/mol. The molecule has 0 bridgehead atoms. The summed E-state index contributed by atoms with van der Waals surface area (Å²) in [4.78, 5) is 13.3. The molecule has 0 unspecified atom stereocenters. The van der Waals surface area contributed by atoms with Crippen LogP contribution in [0.1, 0.15) is 30.2 Å². The van der Waals surface area contributed by atoms with Crippen molar-refractivity contribution in [2.75, 3.05) is 13.7 Å². The minimum atomic E-state index is -0.377. The van der Waals surface area contributed by atoms with Crippen molar-refractivity contribution >= 4 is 5.69 Å². The zero-order chi connectivity index (χ0) is 19.5. The second-order valence-electron chi connectivity index (χ2n) is 6.94. The lowest BCUT2D eigenvalue weighted by molar-refractivity contribution is -0.384. The van der Waals surface area contributed by atoms with Gasteiger partial charge in [0.2, 0.25) is 0 Å². The van der Waals surface area contributed by atoms with Gasteiger partial charge in [0.25, 0.3) is 5.69 Å². The lowest BCUT2D eigenvalue weighted by Gasteiger charge is -2.24. The number of nitrogens with zero attached hydrogens (tertiary/aromatic N) is 2. The number of benzene rings is 2. The Kier molecular flexibility index (Phi) is 5.12. The summed E-state index contributed by atoms with van der Waals surface area (Å²) in [5.41, 5.74) is 1.83. The van der Waals surface area contributed by atoms with E-state index in [9.17, 15) is 10.1 Å². The number of rotatable bonds is 6. The lowest BCUT2D eigenvalue weighted by Crippen LogP contribution is -2.22. The smallest absolute Gasteiger partial charge is 0.280 e. The van der Waals surface area contributed by atoms with Gasteiger partial charge in [-0.3, -0.25) is 15.0 Å². The second-order valence-corrected chi connectivity index (χ2v) is 6.94. The number of nitro benzene ring substituents is 1. The Morgan fingerprint density at radius 3 is 2.68 bits per heavy atom. The zero-order valence-electron chi connectivity index (χ0n) is 15.7. The van der Waals surface area contributed by atoms with Gasteiger partial charge >= 0.3 is 0 Å². The summed E-state index contributed by atoms with van der Waals surface area (Å²) in [5.74, 6) is 2.20. The Labute approximate surface area is 163 Å². The third kappa shape index (κ3) is 3.64. The Bertz CT molecular complexity index is 965. The minimum Gasteiger partial charge on any atom is -0.497 e. The molecule has 144 valence electrons. The van der Waals surface area contributed by atoms with Gasteiger partial charge in [-0.15, -0.1) is 0 Å². The SMILES string of the molecule is COc1ccc([C@H]2CCCN2Cc2ccc(-c3ccccc3[N+](=O)[O-])o2)cc1. The van der Waals surface area contributed by atoms with Crippen LogP contribution in [-0.4, -0.2) is 23.5 Å². The quantitative estimate of drug-likeness (QED) is 0.435. The highest BCUT2D eigenvalue weighted by molar-refractivity contribution is 5.69. The first kappa shape index (κ1) is 18.3. The van der Waals surface area contributed by atoms with Gasteiger partial charge in [0.05, 0.1) is 24.1 Å². The number of ether oxygens (including phenoxy) is 1. The Hall–Kier alpha value is -3.12. The van der Waals surface area contributed by atoms with Crippen LogP contribution in [0.15, 0.2) is 65.1 Å². The first-order chi connectivity index (χ1) is 13.7. The highest BCUT2D eigenvalue weighted by Gasteiger charge is 2.27. The summed E-state index contributed by atoms with van der Waals surface area (Å²) < 4.78 is 11.2. The van der Waals surface area contributed by atoms with E-state index in [0.29, 0.717) is 23.9 Å². The van der Waals surface area contributed by atoms with Gasteiger partial charge in [-0.2, -0.15) is 0 Å². The van der Waals surface area contributed by atoms with Crippen molar-refractivity contribution in [1.29, 1.82) is 0 Å². The molecule has 1 saturated heterocycles. The predicted molar refractivity (Wildman–Crippen MR) is 106 cm³/mol. The van der Waals surface area contributed by atoms with Crippen molar-refractivity contribution in [3.05, 3.63) is 82.1 Å². The summed E-state index contributed by atoms with van der Waals surface area (Å²) in [7, 11) is 1.67. The van der Waals surface area contributed by atoms with Gasteiger partial charge in [-0.25, -0.2) is 0 Å². The lowest BCUT2D eigenvalue weighted by atomic mass is 10.0.